The van der Waals surface area contributed by atoms with E-state index in [0.717, 1.165) is 28.2 Å². The molecule has 3 aromatic rings. The molecule has 4 heteroatoms. The number of pyridine rings is 1. The predicted molar refractivity (Wildman–Crippen MR) is 94.7 cm³/mol. The molecule has 0 aliphatic heterocycles. The van der Waals surface area contributed by atoms with Gasteiger partial charge in [0.1, 0.15) is 0 Å². The fraction of sp³-hybridized carbons (Fsp3) is 0.316. The molecule has 3 nitrogen and oxygen atoms in total. The van der Waals surface area contributed by atoms with Crippen LogP contribution in [0, 0.1) is 5.92 Å². The SMILES string of the molecule is CC(Cc1nccc2cc[nH]c12)C(C)OCc1cccc(Cl)c1. The van der Waals surface area contributed by atoms with Gasteiger partial charge in [0.05, 0.1) is 23.9 Å². The van der Waals surface area contributed by atoms with E-state index in [0.29, 0.717) is 12.5 Å². The van der Waals surface area contributed by atoms with Gasteiger partial charge in [0.15, 0.2) is 0 Å². The van der Waals surface area contributed by atoms with E-state index in [4.69, 9.17) is 16.3 Å². The summed E-state index contributed by atoms with van der Waals surface area (Å²) in [7, 11) is 0. The minimum Gasteiger partial charge on any atom is -0.374 e. The first-order valence-electron chi connectivity index (χ1n) is 7.90. The molecule has 1 N–H and O–H groups in total. The molecule has 2 heterocycles. The number of aromatic nitrogens is 2. The van der Waals surface area contributed by atoms with Crippen molar-refractivity contribution in [3.63, 3.8) is 0 Å². The van der Waals surface area contributed by atoms with E-state index in [2.05, 4.69) is 29.9 Å². The van der Waals surface area contributed by atoms with Crippen molar-refractivity contribution >= 4 is 22.5 Å². The number of H-pyrrole nitrogens is 1. The first kappa shape index (κ1) is 16.0. The molecule has 2 atom stereocenters. The standard InChI is InChI=1S/C19H21ClN2O/c1-13(10-18-19-16(6-8-21-18)7-9-22-19)14(2)23-12-15-4-3-5-17(20)11-15/h3-9,11,13-14,22H,10,12H2,1-2H3. The van der Waals surface area contributed by atoms with Crippen LogP contribution in [0.15, 0.2) is 48.8 Å². The number of hydrogen-bond acceptors (Lipinski definition) is 2. The number of nitrogens with zero attached hydrogens (tertiary/aromatic N) is 1. The summed E-state index contributed by atoms with van der Waals surface area (Å²) < 4.78 is 6.01. The molecule has 120 valence electrons. The maximum Gasteiger partial charge on any atom is 0.0721 e. The van der Waals surface area contributed by atoms with Gasteiger partial charge >= 0.3 is 0 Å². The Morgan fingerprint density at radius 1 is 1.22 bits per heavy atom. The van der Waals surface area contributed by atoms with Gasteiger partial charge in [-0.25, -0.2) is 0 Å². The Bertz CT molecular complexity index is 784. The molecule has 1 aromatic carbocycles. The largest absolute Gasteiger partial charge is 0.374 e. The van der Waals surface area contributed by atoms with Gasteiger partial charge in [0.25, 0.3) is 0 Å². The summed E-state index contributed by atoms with van der Waals surface area (Å²) in [5.41, 5.74) is 3.32. The van der Waals surface area contributed by atoms with Crippen molar-refractivity contribution < 1.29 is 4.74 Å². The molecule has 0 saturated heterocycles. The minimum atomic E-state index is 0.140. The summed E-state index contributed by atoms with van der Waals surface area (Å²) >= 11 is 6.01. The van der Waals surface area contributed by atoms with Crippen molar-refractivity contribution in [3.8, 4) is 0 Å². The molecule has 2 aromatic heterocycles. The molecule has 0 amide bonds. The Kier molecular flexibility index (Phi) is 4.99. The maximum absolute atomic E-state index is 6.01. The van der Waals surface area contributed by atoms with Gasteiger partial charge in [0, 0.05) is 22.8 Å². The molecule has 0 fully saturated rings. The minimum absolute atomic E-state index is 0.140. The third kappa shape index (κ3) is 3.92. The zero-order valence-corrected chi connectivity index (χ0v) is 14.2. The zero-order valence-electron chi connectivity index (χ0n) is 13.4. The lowest BCUT2D eigenvalue weighted by Crippen LogP contribution is -2.20. The molecule has 23 heavy (non-hydrogen) atoms. The van der Waals surface area contributed by atoms with Gasteiger partial charge in [0.2, 0.25) is 0 Å². The second-order valence-electron chi connectivity index (χ2n) is 6.03. The average molecular weight is 329 g/mol. The highest BCUT2D eigenvalue weighted by atomic mass is 35.5. The predicted octanol–water partition coefficient (Wildman–Crippen LogP) is 5.00. The second-order valence-corrected chi connectivity index (χ2v) is 6.46. The molecule has 0 spiro atoms. The van der Waals surface area contributed by atoms with Crippen molar-refractivity contribution in [2.75, 3.05) is 0 Å². The van der Waals surface area contributed by atoms with E-state index in [-0.39, 0.29) is 6.10 Å². The van der Waals surface area contributed by atoms with Crippen LogP contribution in [0.5, 0.6) is 0 Å². The molecule has 0 radical (unpaired) electrons. The Labute approximate surface area is 141 Å². The van der Waals surface area contributed by atoms with Gasteiger partial charge in [-0.05, 0) is 49.1 Å². The van der Waals surface area contributed by atoms with Crippen LogP contribution in [0.4, 0.5) is 0 Å². The lowest BCUT2D eigenvalue weighted by molar-refractivity contribution is 0.0184. The average Bonchev–Trinajstić information content (AvgIpc) is 3.02. The quantitative estimate of drug-likeness (QED) is 0.691. The van der Waals surface area contributed by atoms with Crippen LogP contribution in [0.1, 0.15) is 25.1 Å². The molecule has 0 aliphatic rings. The van der Waals surface area contributed by atoms with Crippen molar-refractivity contribution in [2.45, 2.75) is 33.0 Å². The number of aromatic amines is 1. The number of benzene rings is 1. The Morgan fingerprint density at radius 3 is 2.91 bits per heavy atom. The summed E-state index contributed by atoms with van der Waals surface area (Å²) in [5, 5.41) is 1.95. The summed E-state index contributed by atoms with van der Waals surface area (Å²) in [6.45, 7) is 4.89. The van der Waals surface area contributed by atoms with E-state index in [9.17, 15) is 0 Å². The highest BCUT2D eigenvalue weighted by Gasteiger charge is 2.16. The summed E-state index contributed by atoms with van der Waals surface area (Å²) in [4.78, 5) is 7.81. The number of nitrogens with one attached hydrogen (secondary N) is 1. The maximum atomic E-state index is 6.01. The van der Waals surface area contributed by atoms with E-state index >= 15 is 0 Å². The number of halogens is 1. The van der Waals surface area contributed by atoms with E-state index < -0.39 is 0 Å². The molecule has 0 bridgehead atoms. The highest BCUT2D eigenvalue weighted by Crippen LogP contribution is 2.21. The van der Waals surface area contributed by atoms with E-state index in [1.54, 1.807) is 0 Å². The number of fused-ring (bicyclic) bond motifs is 1. The summed E-state index contributed by atoms with van der Waals surface area (Å²) in [6, 6.07) is 11.9. The van der Waals surface area contributed by atoms with E-state index in [1.165, 1.54) is 5.39 Å². The number of ether oxygens (including phenoxy) is 1. The monoisotopic (exact) mass is 328 g/mol. The Morgan fingerprint density at radius 2 is 2.09 bits per heavy atom. The Hall–Kier alpha value is -1.84. The van der Waals surface area contributed by atoms with Gasteiger partial charge < -0.3 is 9.72 Å². The zero-order chi connectivity index (χ0) is 16.2. The van der Waals surface area contributed by atoms with Crippen molar-refractivity contribution in [1.82, 2.24) is 9.97 Å². The third-order valence-electron chi connectivity index (χ3n) is 4.27. The topological polar surface area (TPSA) is 37.9 Å². The van der Waals surface area contributed by atoms with Crippen LogP contribution >= 0.6 is 11.6 Å². The lowest BCUT2D eigenvalue weighted by atomic mass is 9.98. The lowest BCUT2D eigenvalue weighted by Gasteiger charge is -2.20. The van der Waals surface area contributed by atoms with Crippen LogP contribution in [0.25, 0.3) is 10.9 Å². The molecular weight excluding hydrogens is 308 g/mol. The van der Waals surface area contributed by atoms with Gasteiger partial charge in [-0.2, -0.15) is 0 Å². The third-order valence-corrected chi connectivity index (χ3v) is 4.51. The van der Waals surface area contributed by atoms with Gasteiger partial charge in [-0.1, -0.05) is 30.7 Å². The number of hydrogen-bond donors (Lipinski definition) is 1. The number of rotatable bonds is 6. The first-order chi connectivity index (χ1) is 11.1. The highest BCUT2D eigenvalue weighted by molar-refractivity contribution is 6.30. The molecule has 0 saturated carbocycles. The fourth-order valence-corrected chi connectivity index (χ4v) is 2.90. The van der Waals surface area contributed by atoms with Crippen LogP contribution in [0.2, 0.25) is 5.02 Å². The van der Waals surface area contributed by atoms with Crippen molar-refractivity contribution in [2.24, 2.45) is 5.92 Å². The molecular formula is C19H21ClN2O. The fourth-order valence-electron chi connectivity index (χ4n) is 2.69. The van der Waals surface area contributed by atoms with Crippen LogP contribution in [0.3, 0.4) is 0 Å². The summed E-state index contributed by atoms with van der Waals surface area (Å²) in [5.74, 6) is 0.371. The molecule has 0 aliphatic carbocycles. The van der Waals surface area contributed by atoms with Crippen LogP contribution < -0.4 is 0 Å². The van der Waals surface area contributed by atoms with E-state index in [1.807, 2.05) is 42.7 Å². The van der Waals surface area contributed by atoms with Crippen LogP contribution in [-0.2, 0) is 17.8 Å². The molecule has 2 unspecified atom stereocenters. The summed E-state index contributed by atoms with van der Waals surface area (Å²) in [6.07, 6.45) is 4.85. The smallest absolute Gasteiger partial charge is 0.0721 e. The van der Waals surface area contributed by atoms with Crippen molar-refractivity contribution in [1.29, 1.82) is 0 Å². The Balaban J connectivity index is 1.61. The normalized spacial score (nSPS) is 14.0. The molecule has 3 rings (SSSR count). The van der Waals surface area contributed by atoms with Gasteiger partial charge in [-0.15, -0.1) is 0 Å². The van der Waals surface area contributed by atoms with Gasteiger partial charge in [-0.3, -0.25) is 4.98 Å². The van der Waals surface area contributed by atoms with Crippen molar-refractivity contribution in [3.05, 3.63) is 65.1 Å². The first-order valence-corrected chi connectivity index (χ1v) is 8.28. The second kappa shape index (κ2) is 7.16. The van der Waals surface area contributed by atoms with Crippen LogP contribution in [-0.4, -0.2) is 16.1 Å².